The molecule has 0 amide bonds. The number of rotatable bonds is 16. The lowest BCUT2D eigenvalue weighted by molar-refractivity contribution is -0.120. The molecule has 9 aliphatic rings. The molecule has 0 bridgehead atoms. The molecule has 6 saturated heterocycles. The number of carbonyl (C=O) groups is 3. The van der Waals surface area contributed by atoms with Crippen molar-refractivity contribution in [2.45, 2.75) is 155 Å². The van der Waals surface area contributed by atoms with E-state index in [0.29, 0.717) is 136 Å². The molecule has 0 spiro atoms. The Kier molecular flexibility index (Phi) is 22.5. The van der Waals surface area contributed by atoms with Crippen molar-refractivity contribution in [1.29, 1.82) is 0 Å². The zero-order chi connectivity index (χ0) is 65.6. The number of ketones is 3. The van der Waals surface area contributed by atoms with E-state index in [0.717, 1.165) is 61.2 Å². The SMILES string of the molecule is C.C/C=C(/C(=O)CO)[C@H]1C[C@H]2C3=Nc4cc(Br)cc(CO)c4[C@@]3(O)CCN2C[C@H]1CC.C/C=C(/C(=O)CO)[C@H]1C[C@H]2C3=Nc4cc(F)cc(CO)c4[C@@]3(O)CCN2C[C@H]1CC.CC[C@@H]1CN2CC[C@@]3(O)C(=Nc4cc(Cl)cc(CO)c43)[C@@H]2C[C@@H]1/C(=C\OC)C(=O)CO. The highest BCUT2D eigenvalue weighted by Gasteiger charge is 2.57. The summed E-state index contributed by atoms with van der Waals surface area (Å²) in [5.41, 5.74) is 5.20. The van der Waals surface area contributed by atoms with Crippen LogP contribution < -0.4 is 0 Å². The van der Waals surface area contributed by atoms with Gasteiger partial charge in [0, 0.05) is 71.0 Å². The quantitative estimate of drug-likeness (QED) is 0.0485. The Balaban J connectivity index is 0.000000162. The maximum atomic E-state index is 14.0. The fourth-order valence-corrected chi connectivity index (χ4v) is 17.8. The lowest BCUT2D eigenvalue weighted by atomic mass is 9.69. The van der Waals surface area contributed by atoms with E-state index in [1.807, 2.05) is 32.1 Å². The van der Waals surface area contributed by atoms with E-state index < -0.39 is 42.4 Å². The minimum absolute atomic E-state index is 0. The summed E-state index contributed by atoms with van der Waals surface area (Å²) in [7, 11) is 1.50. The first-order chi connectivity index (χ1) is 43.6. The van der Waals surface area contributed by atoms with Crippen molar-refractivity contribution >= 4 is 79.1 Å². The topological polar surface area (TPSA) is 289 Å². The molecule has 9 heterocycles. The molecule has 9 N–H and O–H groups in total. The Labute approximate surface area is 551 Å². The van der Waals surface area contributed by atoms with Crippen LogP contribution in [0.4, 0.5) is 21.5 Å². The number of ether oxygens (including phenoxy) is 1. The Morgan fingerprint density at radius 2 is 0.924 bits per heavy atom. The number of aliphatic imine (C=N–C) groups is 3. The second-order valence-electron chi connectivity index (χ2n) is 25.8. The van der Waals surface area contributed by atoms with Crippen LogP contribution in [0.2, 0.25) is 5.02 Å². The molecule has 0 saturated carbocycles. The number of fused-ring (bicyclic) bond motifs is 15. The van der Waals surface area contributed by atoms with Crippen molar-refractivity contribution in [3.63, 3.8) is 0 Å². The summed E-state index contributed by atoms with van der Waals surface area (Å²) in [6, 6.07) is 9.30. The normalized spacial score (nSPS) is 30.5. The standard InChI is InChI=1S/C23H29BrN2O4.C23H29ClN2O5.C23H29FN2O4.CH4/c1-3-13-10-26-6-5-23(30)21-14(11-27)7-15(24)8-18(21)25-22(23)19(26)9-17(13)16(4-2)20(29)12-28;1-3-13-9-26-5-4-23(30)21-14(10-27)6-15(24)7-18(21)25-22(23)19(26)8-16(13)17(12-31-2)20(29)11-28;1-3-13-10-26-6-5-23(30)21-14(11-27)7-15(24)8-18(21)25-22(23)19(26)9-17(13)16(4-2)20(29)12-28;/h4,7-8,13,17,19,27-28,30H,3,5-6,9-12H2,1-2H3;6-7,12-13,16,19,27-28,30H,3-5,8-11H2,1-2H3;4,7-8,13,17,19,27-28,30H,3,5-6,9-12H2,1-2H3;1H4/b16-4+;17-12+;16-4+;/t13-,17+,19+,23+;13-,16+,19+,23+;13-,17+,19+,23+;/m111./s1. The number of hydrogen-bond acceptors (Lipinski definition) is 19. The smallest absolute Gasteiger partial charge is 0.187 e. The van der Waals surface area contributed by atoms with Crippen LogP contribution in [0.15, 0.2) is 91.0 Å². The zero-order valence-electron chi connectivity index (χ0n) is 52.7. The summed E-state index contributed by atoms with van der Waals surface area (Å²) < 4.78 is 20.0. The fraction of sp³-hybridized carbons (Fsp3) is 0.571. The molecule has 500 valence electrons. The van der Waals surface area contributed by atoms with Gasteiger partial charge in [-0.05, 0) is 152 Å². The van der Waals surface area contributed by atoms with Gasteiger partial charge in [0.05, 0.1) is 85.5 Å². The average molecular weight is 1360 g/mol. The van der Waals surface area contributed by atoms with E-state index in [-0.39, 0.29) is 92.3 Å². The van der Waals surface area contributed by atoms with Crippen LogP contribution in [0.25, 0.3) is 0 Å². The number of hydrogen-bond donors (Lipinski definition) is 9. The Morgan fingerprint density at radius 1 is 0.576 bits per heavy atom. The van der Waals surface area contributed by atoms with Crippen LogP contribution in [0, 0.1) is 41.3 Å². The predicted molar refractivity (Wildman–Crippen MR) is 354 cm³/mol. The Hall–Kier alpha value is -5.08. The molecule has 12 rings (SSSR count). The van der Waals surface area contributed by atoms with Crippen molar-refractivity contribution in [3.8, 4) is 0 Å². The van der Waals surface area contributed by atoms with Gasteiger partial charge < -0.3 is 50.7 Å². The molecule has 0 radical (unpaired) electrons. The molecule has 6 fully saturated rings. The predicted octanol–water partition coefficient (Wildman–Crippen LogP) is 8.02. The number of allylic oxidation sites excluding steroid dienone is 2. The van der Waals surface area contributed by atoms with Gasteiger partial charge in [-0.25, -0.2) is 4.39 Å². The van der Waals surface area contributed by atoms with Crippen molar-refractivity contribution in [3.05, 3.63) is 120 Å². The molecule has 9 aliphatic heterocycles. The van der Waals surface area contributed by atoms with Crippen LogP contribution in [-0.2, 0) is 55.7 Å². The molecule has 22 heteroatoms. The number of Topliss-reactive ketones (excluding diaryl/α,β-unsaturated/α-hetero) is 3. The third-order valence-corrected chi connectivity index (χ3v) is 22.0. The minimum Gasteiger partial charge on any atom is -0.504 e. The number of aliphatic hydroxyl groups is 9. The fourth-order valence-electron chi connectivity index (χ4n) is 17.1. The van der Waals surface area contributed by atoms with Crippen molar-refractivity contribution in [2.24, 2.45) is 50.5 Å². The third-order valence-electron chi connectivity index (χ3n) is 21.4. The third kappa shape index (κ3) is 12.6. The molecule has 19 nitrogen and oxygen atoms in total. The molecule has 12 atom stereocenters. The summed E-state index contributed by atoms with van der Waals surface area (Å²) in [5, 5.41) is 93.6. The van der Waals surface area contributed by atoms with Crippen LogP contribution >= 0.6 is 27.5 Å². The number of piperidine rings is 6. The van der Waals surface area contributed by atoms with E-state index in [2.05, 4.69) is 56.4 Å². The lowest BCUT2D eigenvalue weighted by Crippen LogP contribution is -2.60. The average Bonchev–Trinajstić information content (AvgIpc) is 1.54. The van der Waals surface area contributed by atoms with E-state index in [1.54, 1.807) is 18.2 Å². The van der Waals surface area contributed by atoms with Gasteiger partial charge in [0.2, 0.25) is 0 Å². The molecule has 0 aliphatic carbocycles. The molecule has 0 unspecified atom stereocenters. The highest BCUT2D eigenvalue weighted by Crippen LogP contribution is 2.54. The van der Waals surface area contributed by atoms with Gasteiger partial charge >= 0.3 is 0 Å². The molecule has 3 aromatic rings. The lowest BCUT2D eigenvalue weighted by Gasteiger charge is -2.50. The van der Waals surface area contributed by atoms with E-state index in [1.165, 1.54) is 25.5 Å². The van der Waals surface area contributed by atoms with Gasteiger partial charge in [-0.3, -0.25) is 44.1 Å². The van der Waals surface area contributed by atoms with E-state index in [4.69, 9.17) is 26.3 Å². The van der Waals surface area contributed by atoms with Crippen LogP contribution in [0.5, 0.6) is 0 Å². The number of aliphatic hydroxyl groups excluding tert-OH is 6. The molecular weight excluding hydrogens is 1270 g/mol. The molecule has 3 aromatic carbocycles. The first kappa shape index (κ1) is 71.2. The number of halogens is 3. The number of nitrogens with zero attached hydrogens (tertiary/aromatic N) is 6. The minimum atomic E-state index is -1.33. The number of carbonyl (C=O) groups excluding carboxylic acids is 3. The van der Waals surface area contributed by atoms with Crippen LogP contribution in [0.3, 0.4) is 0 Å². The number of methoxy groups -OCH3 is 1. The van der Waals surface area contributed by atoms with E-state index >= 15 is 0 Å². The Morgan fingerprint density at radius 3 is 1.28 bits per heavy atom. The van der Waals surface area contributed by atoms with Gasteiger partial charge in [-0.1, -0.05) is 87.1 Å². The second kappa shape index (κ2) is 29.1. The Bertz CT molecular complexity index is 3370. The van der Waals surface area contributed by atoms with Crippen LogP contribution in [-0.4, -0.2) is 179 Å². The summed E-state index contributed by atoms with van der Waals surface area (Å²) in [4.78, 5) is 58.6. The zero-order valence-corrected chi connectivity index (χ0v) is 55.1. The van der Waals surface area contributed by atoms with Gasteiger partial charge in [0.25, 0.3) is 0 Å². The highest BCUT2D eigenvalue weighted by molar-refractivity contribution is 9.10. The van der Waals surface area contributed by atoms with Gasteiger partial charge in [0.1, 0.15) is 42.4 Å². The molecule has 0 aromatic heterocycles. The second-order valence-corrected chi connectivity index (χ2v) is 27.1. The van der Waals surface area contributed by atoms with Crippen LogP contribution in [0.1, 0.15) is 133 Å². The van der Waals surface area contributed by atoms with Gasteiger partial charge in [0.15, 0.2) is 17.3 Å². The maximum Gasteiger partial charge on any atom is 0.187 e. The summed E-state index contributed by atoms with van der Waals surface area (Å²) in [6.45, 7) is 12.2. The first-order valence-corrected chi connectivity index (χ1v) is 33.2. The first-order valence-electron chi connectivity index (χ1n) is 32.1. The van der Waals surface area contributed by atoms with Crippen molar-refractivity contribution in [1.82, 2.24) is 14.7 Å². The van der Waals surface area contributed by atoms with Crippen molar-refractivity contribution < 1.29 is 69.5 Å². The molecular formula is C70H91BrClFN6O13. The monoisotopic (exact) mass is 1360 g/mol. The summed E-state index contributed by atoms with van der Waals surface area (Å²) in [5.74, 6) is -0.613. The summed E-state index contributed by atoms with van der Waals surface area (Å²) >= 11 is 9.70. The van der Waals surface area contributed by atoms with Crippen molar-refractivity contribution in [2.75, 3.05) is 66.2 Å². The molecule has 92 heavy (non-hydrogen) atoms. The van der Waals surface area contributed by atoms with E-state index in [9.17, 15) is 64.7 Å². The van der Waals surface area contributed by atoms with Gasteiger partial charge in [-0.15, -0.1) is 0 Å². The summed E-state index contributed by atoms with van der Waals surface area (Å²) in [6.07, 6.45) is 11.2. The number of benzene rings is 3. The highest BCUT2D eigenvalue weighted by atomic mass is 79.9. The largest absolute Gasteiger partial charge is 0.504 e. The van der Waals surface area contributed by atoms with Gasteiger partial charge in [-0.2, -0.15) is 0 Å². The maximum absolute atomic E-state index is 14.0.